The number of carbonyl (C=O) groups is 3. The van der Waals surface area contributed by atoms with Crippen LogP contribution < -0.4 is 4.74 Å². The highest BCUT2D eigenvalue weighted by molar-refractivity contribution is 7.80. The van der Waals surface area contributed by atoms with Gasteiger partial charge in [-0.1, -0.05) is 26.0 Å². The Balaban J connectivity index is 1.58. The molecule has 1 aliphatic rings. The van der Waals surface area contributed by atoms with E-state index >= 15 is 0 Å². The lowest BCUT2D eigenvalue weighted by molar-refractivity contribution is 0.0631. The zero-order chi connectivity index (χ0) is 19.6. The first kappa shape index (κ1) is 19.2. The van der Waals surface area contributed by atoms with Crippen molar-refractivity contribution in [3.63, 3.8) is 0 Å². The first-order valence-electron chi connectivity index (χ1n) is 8.69. The number of nitrogens with zero attached hydrogens (tertiary/aromatic N) is 1. The average Bonchev–Trinajstić information content (AvgIpc) is 2.93. The molecule has 0 radical (unpaired) electrons. The predicted molar refractivity (Wildman–Crippen MR) is 106 cm³/mol. The van der Waals surface area contributed by atoms with Crippen molar-refractivity contribution in [1.82, 2.24) is 4.90 Å². The lowest BCUT2D eigenvalue weighted by Gasteiger charge is -2.20. The fraction of sp³-hybridized carbons (Fsp3) is 0.286. The summed E-state index contributed by atoms with van der Waals surface area (Å²) in [5.74, 6) is 0.467. The van der Waals surface area contributed by atoms with Crippen molar-refractivity contribution in [2.75, 3.05) is 18.9 Å². The van der Waals surface area contributed by atoms with Gasteiger partial charge in [0.1, 0.15) is 12.4 Å². The topological polar surface area (TPSA) is 63.7 Å². The summed E-state index contributed by atoms with van der Waals surface area (Å²) in [5.41, 5.74) is 0.924. The summed E-state index contributed by atoms with van der Waals surface area (Å²) in [6, 6.07) is 13.6. The maximum absolute atomic E-state index is 12.4. The van der Waals surface area contributed by atoms with Crippen molar-refractivity contribution in [2.45, 2.75) is 13.8 Å². The molecule has 0 aromatic heterocycles. The number of carbonyl (C=O) groups excluding carboxylic acids is 3. The maximum Gasteiger partial charge on any atom is 0.261 e. The van der Waals surface area contributed by atoms with E-state index in [-0.39, 0.29) is 30.7 Å². The monoisotopic (exact) mass is 383 g/mol. The summed E-state index contributed by atoms with van der Waals surface area (Å²) in [7, 11) is 0. The summed E-state index contributed by atoms with van der Waals surface area (Å²) in [5, 5.41) is 0. The Labute approximate surface area is 163 Å². The van der Waals surface area contributed by atoms with Gasteiger partial charge < -0.3 is 4.74 Å². The molecule has 0 bridgehead atoms. The van der Waals surface area contributed by atoms with Crippen LogP contribution in [0.25, 0.3) is 0 Å². The predicted octanol–water partition coefficient (Wildman–Crippen LogP) is 3.50. The summed E-state index contributed by atoms with van der Waals surface area (Å²) in [4.78, 5) is 38.2. The number of rotatable bonds is 7. The van der Waals surface area contributed by atoms with Gasteiger partial charge >= 0.3 is 0 Å². The number of ether oxygens (including phenoxy) is 1. The Hall–Kier alpha value is -2.60. The molecule has 0 atom stereocenters. The molecule has 140 valence electrons. The third-order valence-corrected chi connectivity index (χ3v) is 5.38. The number of Topliss-reactive ketones (excluding diaryl/α,β-unsaturated/α-hetero) is 1. The second-order valence-corrected chi connectivity index (χ2v) is 7.37. The van der Waals surface area contributed by atoms with Gasteiger partial charge in [0.05, 0.1) is 17.7 Å². The van der Waals surface area contributed by atoms with Gasteiger partial charge in [-0.2, -0.15) is 12.6 Å². The molecule has 1 aliphatic heterocycles. The van der Waals surface area contributed by atoms with Gasteiger partial charge in [-0.05, 0) is 36.4 Å². The van der Waals surface area contributed by atoms with Crippen molar-refractivity contribution in [3.8, 4) is 5.75 Å². The van der Waals surface area contributed by atoms with Crippen LogP contribution >= 0.6 is 12.6 Å². The van der Waals surface area contributed by atoms with Crippen molar-refractivity contribution >= 4 is 30.2 Å². The Morgan fingerprint density at radius 1 is 1.00 bits per heavy atom. The number of imide groups is 1. The molecule has 1 heterocycles. The largest absolute Gasteiger partial charge is 0.492 e. The average molecular weight is 383 g/mol. The second kappa shape index (κ2) is 7.56. The van der Waals surface area contributed by atoms with Gasteiger partial charge in [0.15, 0.2) is 5.78 Å². The van der Waals surface area contributed by atoms with E-state index in [1.165, 1.54) is 4.90 Å². The Morgan fingerprint density at radius 3 is 2.07 bits per heavy atom. The smallest absolute Gasteiger partial charge is 0.261 e. The molecule has 3 rings (SSSR count). The summed E-state index contributed by atoms with van der Waals surface area (Å²) in [6.45, 7) is 4.06. The lowest BCUT2D eigenvalue weighted by Crippen LogP contribution is -2.33. The van der Waals surface area contributed by atoms with Crippen LogP contribution in [0.5, 0.6) is 5.75 Å². The number of hydrogen-bond acceptors (Lipinski definition) is 5. The van der Waals surface area contributed by atoms with Crippen molar-refractivity contribution in [3.05, 3.63) is 65.2 Å². The normalized spacial score (nSPS) is 13.7. The fourth-order valence-corrected chi connectivity index (χ4v) is 3.01. The zero-order valence-corrected chi connectivity index (χ0v) is 16.2. The van der Waals surface area contributed by atoms with Crippen molar-refractivity contribution < 1.29 is 19.1 Å². The molecule has 0 spiro atoms. The molecule has 0 saturated carbocycles. The van der Waals surface area contributed by atoms with Gasteiger partial charge in [-0.3, -0.25) is 19.3 Å². The molecule has 2 aromatic rings. The molecular weight excluding hydrogens is 362 g/mol. The van der Waals surface area contributed by atoms with Crippen LogP contribution in [0, 0.1) is 5.41 Å². The third kappa shape index (κ3) is 3.76. The molecule has 6 heteroatoms. The highest BCUT2D eigenvalue weighted by Gasteiger charge is 2.34. The Morgan fingerprint density at radius 2 is 1.56 bits per heavy atom. The van der Waals surface area contributed by atoms with E-state index < -0.39 is 5.41 Å². The number of thiol groups is 1. The number of ketones is 1. The molecule has 0 aliphatic carbocycles. The van der Waals surface area contributed by atoms with E-state index in [1.807, 2.05) is 13.8 Å². The van der Waals surface area contributed by atoms with Crippen molar-refractivity contribution in [2.24, 2.45) is 5.41 Å². The Bertz CT molecular complexity index is 854. The molecule has 0 unspecified atom stereocenters. The van der Waals surface area contributed by atoms with Crippen LogP contribution in [0.1, 0.15) is 44.9 Å². The summed E-state index contributed by atoms with van der Waals surface area (Å²) in [6.07, 6.45) is 0. The maximum atomic E-state index is 12.4. The molecule has 0 N–H and O–H groups in total. The molecular formula is C21H21NO4S. The zero-order valence-electron chi connectivity index (χ0n) is 15.3. The van der Waals surface area contributed by atoms with Crippen LogP contribution in [-0.2, 0) is 0 Å². The van der Waals surface area contributed by atoms with Gasteiger partial charge in [0.2, 0.25) is 0 Å². The summed E-state index contributed by atoms with van der Waals surface area (Å²) < 4.78 is 5.64. The summed E-state index contributed by atoms with van der Waals surface area (Å²) >= 11 is 4.23. The molecule has 2 amide bonds. The first-order valence-corrected chi connectivity index (χ1v) is 9.32. The SMILES string of the molecule is CC(C)(CS)C(=O)c1ccc(OCCN2C(=O)c3ccccc3C2=O)cc1. The molecule has 2 aromatic carbocycles. The van der Waals surface area contributed by atoms with E-state index in [0.717, 1.165) is 0 Å². The molecule has 0 saturated heterocycles. The van der Waals surface area contributed by atoms with E-state index in [4.69, 9.17) is 4.74 Å². The highest BCUT2D eigenvalue weighted by Crippen LogP contribution is 2.25. The van der Waals surface area contributed by atoms with Crippen LogP contribution in [-0.4, -0.2) is 41.4 Å². The van der Waals surface area contributed by atoms with Gasteiger partial charge in [-0.15, -0.1) is 0 Å². The minimum atomic E-state index is -0.531. The highest BCUT2D eigenvalue weighted by atomic mass is 32.1. The standard InChI is InChI=1S/C21H21NO4S/c1-21(2,13-27)18(23)14-7-9-15(10-8-14)26-12-11-22-19(24)16-5-3-4-6-17(16)20(22)25/h3-10,27H,11-13H2,1-2H3. The van der Waals surface area contributed by atoms with E-state index in [9.17, 15) is 14.4 Å². The van der Waals surface area contributed by atoms with E-state index in [2.05, 4.69) is 12.6 Å². The van der Waals surface area contributed by atoms with Crippen LogP contribution in [0.2, 0.25) is 0 Å². The number of fused-ring (bicyclic) bond motifs is 1. The third-order valence-electron chi connectivity index (χ3n) is 4.59. The van der Waals surface area contributed by atoms with Gasteiger partial charge in [0, 0.05) is 16.7 Å². The fourth-order valence-electron chi connectivity index (χ4n) is 2.86. The quantitative estimate of drug-likeness (QED) is 0.452. The number of benzene rings is 2. The number of hydrogen-bond donors (Lipinski definition) is 1. The molecule has 5 nitrogen and oxygen atoms in total. The lowest BCUT2D eigenvalue weighted by atomic mass is 9.86. The second-order valence-electron chi connectivity index (χ2n) is 7.05. The molecule has 27 heavy (non-hydrogen) atoms. The minimum Gasteiger partial charge on any atom is -0.492 e. The first-order chi connectivity index (χ1) is 12.8. The van der Waals surface area contributed by atoms with Gasteiger partial charge in [0.25, 0.3) is 11.8 Å². The van der Waals surface area contributed by atoms with Crippen LogP contribution in [0.3, 0.4) is 0 Å². The number of amides is 2. The Kier molecular flexibility index (Phi) is 5.37. The van der Waals surface area contributed by atoms with Crippen LogP contribution in [0.15, 0.2) is 48.5 Å². The minimum absolute atomic E-state index is 0.0232. The van der Waals surface area contributed by atoms with Crippen LogP contribution in [0.4, 0.5) is 0 Å². The van der Waals surface area contributed by atoms with Crippen molar-refractivity contribution in [1.29, 1.82) is 0 Å². The van der Waals surface area contributed by atoms with Gasteiger partial charge in [-0.25, -0.2) is 0 Å². The molecule has 0 fully saturated rings. The van der Waals surface area contributed by atoms with E-state index in [1.54, 1.807) is 48.5 Å². The van der Waals surface area contributed by atoms with E-state index in [0.29, 0.717) is 28.2 Å².